The number of aliphatic carboxylic acids is 6. The van der Waals surface area contributed by atoms with Gasteiger partial charge in [0.15, 0.2) is 17.1 Å². The van der Waals surface area contributed by atoms with Crippen LogP contribution in [0.15, 0.2) is 147 Å². The molecule has 0 amide bonds. The number of carboxylic acid groups (broad SMARTS) is 11. The number of hydrogen-bond acceptors (Lipinski definition) is 23. The van der Waals surface area contributed by atoms with Crippen molar-refractivity contribution in [2.24, 2.45) is 20.0 Å². The minimum Gasteiger partial charge on any atom is -0.480 e. The van der Waals surface area contributed by atoms with Gasteiger partial charge in [0.25, 0.3) is 0 Å². The molecule has 11 rings (SSSR count). The molecule has 9 heterocycles. The maximum Gasteiger partial charge on any atom is 0.356 e. The summed E-state index contributed by atoms with van der Waals surface area (Å²) in [6, 6.07) is 15.3. The summed E-state index contributed by atoms with van der Waals surface area (Å²) in [5.41, 5.74) is 3.48. The van der Waals surface area contributed by atoms with Gasteiger partial charge in [0.1, 0.15) is 37.8 Å². The molecule has 0 saturated carbocycles. The molecule has 0 spiro atoms. The maximum absolute atomic E-state index is 10.9. The van der Waals surface area contributed by atoms with E-state index in [2.05, 4.69) is 65.7 Å². The molecule has 4 aliphatic rings. The zero-order valence-electron chi connectivity index (χ0n) is 45.4. The zero-order chi connectivity index (χ0) is 66.2. The van der Waals surface area contributed by atoms with E-state index in [1.54, 1.807) is 55.0 Å². The van der Waals surface area contributed by atoms with Crippen molar-refractivity contribution in [1.82, 2.24) is 55.1 Å². The van der Waals surface area contributed by atoms with Crippen molar-refractivity contribution in [3.8, 4) is 0 Å². The lowest BCUT2D eigenvalue weighted by molar-refractivity contribution is -0.138. The van der Waals surface area contributed by atoms with Gasteiger partial charge in [-0.2, -0.15) is 10.2 Å². The number of H-pyrrole nitrogens is 1. The molecule has 0 radical (unpaired) electrons. The van der Waals surface area contributed by atoms with Gasteiger partial charge in [-0.25, -0.2) is 67.5 Å². The molecule has 37 heteroatoms. The monoisotopic (exact) mass is 1240 g/mol. The quantitative estimate of drug-likeness (QED) is 0.0700. The van der Waals surface area contributed by atoms with Gasteiger partial charge in [0.05, 0.1) is 50.6 Å². The average Bonchev–Trinajstić information content (AvgIpc) is 2.03. The van der Waals surface area contributed by atoms with Gasteiger partial charge in [-0.05, 0) is 69.6 Å². The summed E-state index contributed by atoms with van der Waals surface area (Å²) < 4.78 is 2.37. The van der Waals surface area contributed by atoms with E-state index in [0.29, 0.717) is 40.2 Å². The number of pyridine rings is 2. The van der Waals surface area contributed by atoms with Gasteiger partial charge in [-0.15, -0.1) is 5.10 Å². The highest BCUT2D eigenvalue weighted by Crippen LogP contribution is 2.29. The minimum absolute atomic E-state index is 0.00264. The third-order valence-electron chi connectivity index (χ3n) is 11.3. The van der Waals surface area contributed by atoms with E-state index in [9.17, 15) is 52.7 Å². The van der Waals surface area contributed by atoms with E-state index in [1.807, 2.05) is 6.07 Å². The van der Waals surface area contributed by atoms with E-state index >= 15 is 0 Å². The highest BCUT2D eigenvalue weighted by molar-refractivity contribution is 6.15. The van der Waals surface area contributed by atoms with Gasteiger partial charge < -0.3 is 56.2 Å². The lowest BCUT2D eigenvalue weighted by Gasteiger charge is -2.04. The van der Waals surface area contributed by atoms with Gasteiger partial charge in [-0.3, -0.25) is 34.6 Å². The van der Waals surface area contributed by atoms with Crippen LogP contribution in [0.1, 0.15) is 87.1 Å². The average molecular weight is 1240 g/mol. The second kappa shape index (κ2) is 32.0. The number of aromatic carboxylic acids is 5. The number of aromatic nitrogens is 11. The fraction of sp³-hybridized carbons (Fsp3) is 0.113. The Hall–Kier alpha value is -13.5. The number of carbonyl (C=O) groups is 11. The van der Waals surface area contributed by atoms with E-state index in [-0.39, 0.29) is 59.6 Å². The largest absolute Gasteiger partial charge is 0.480 e. The first-order chi connectivity index (χ1) is 42.7. The minimum atomic E-state index is -1.33. The van der Waals surface area contributed by atoms with Crippen LogP contribution in [0.4, 0.5) is 11.4 Å². The molecule has 0 unspecified atom stereocenters. The predicted molar refractivity (Wildman–Crippen MR) is 298 cm³/mol. The fourth-order valence-corrected chi connectivity index (χ4v) is 7.23. The van der Waals surface area contributed by atoms with Gasteiger partial charge >= 0.3 is 65.7 Å². The molecule has 12 N–H and O–H groups in total. The molecule has 0 bridgehead atoms. The van der Waals surface area contributed by atoms with Crippen LogP contribution in [0.2, 0.25) is 0 Å². The SMILES string of the molecule is O=C(O)C1=C(C(=O)O)N=C(c2cccnc2)C1.O=C(O)C1=C(C(=O)O)N=C(c2ccncc2)C1.O=C(O)Cn1cncn1.O=C(O)Cn1cnnn1.O=C(O)c1cc(C(=O)O)[nH]n1.O=C(O)c1cc2c(cc1C(=O)O)N=CC2.O=C(O)c1ccc2c(c1)N=CC2. The summed E-state index contributed by atoms with van der Waals surface area (Å²) in [4.78, 5) is 143. The molecule has 0 saturated heterocycles. The second-order valence-electron chi connectivity index (χ2n) is 17.3. The molecule has 90 heavy (non-hydrogen) atoms. The molecular formula is C53H43N15O22. The lowest BCUT2D eigenvalue weighted by atomic mass is 10.0. The molecular weight excluding hydrogens is 1200 g/mol. The summed E-state index contributed by atoms with van der Waals surface area (Å²) in [6.45, 7) is -0.313. The molecule has 37 nitrogen and oxygen atoms in total. The fourth-order valence-electron chi connectivity index (χ4n) is 7.23. The van der Waals surface area contributed by atoms with Crippen molar-refractivity contribution in [1.29, 1.82) is 0 Å². The van der Waals surface area contributed by atoms with Crippen LogP contribution in [-0.2, 0) is 54.7 Å². The highest BCUT2D eigenvalue weighted by Gasteiger charge is 2.30. The summed E-state index contributed by atoms with van der Waals surface area (Å²) >= 11 is 0. The highest BCUT2D eigenvalue weighted by atomic mass is 16.4. The van der Waals surface area contributed by atoms with Crippen LogP contribution in [0.5, 0.6) is 0 Å². The van der Waals surface area contributed by atoms with Crippen molar-refractivity contribution in [2.45, 2.75) is 38.8 Å². The Balaban J connectivity index is 0.000000193. The van der Waals surface area contributed by atoms with E-state index in [0.717, 1.165) is 34.0 Å². The Morgan fingerprint density at radius 3 is 1.51 bits per heavy atom. The van der Waals surface area contributed by atoms with Crippen molar-refractivity contribution >= 4 is 101 Å². The molecule has 462 valence electrons. The van der Waals surface area contributed by atoms with Crippen molar-refractivity contribution in [3.63, 3.8) is 0 Å². The van der Waals surface area contributed by atoms with Crippen LogP contribution >= 0.6 is 0 Å². The number of tetrazole rings is 1. The summed E-state index contributed by atoms with van der Waals surface area (Å²) in [7, 11) is 0. The smallest absolute Gasteiger partial charge is 0.356 e. The summed E-state index contributed by atoms with van der Waals surface area (Å²) in [5, 5.41) is 113. The first-order valence-electron chi connectivity index (χ1n) is 24.6. The number of fused-ring (bicyclic) bond motifs is 2. The molecule has 0 fully saturated rings. The topological polar surface area (TPSA) is 589 Å². The van der Waals surface area contributed by atoms with E-state index < -0.39 is 77.1 Å². The zero-order valence-corrected chi connectivity index (χ0v) is 45.4. The number of rotatable bonds is 15. The van der Waals surface area contributed by atoms with Crippen LogP contribution in [0, 0.1) is 0 Å². The van der Waals surface area contributed by atoms with Gasteiger partial charge in [0.2, 0.25) is 0 Å². The Morgan fingerprint density at radius 2 is 1.07 bits per heavy atom. The molecule has 4 aliphatic heterocycles. The number of carboxylic acids is 11. The first-order valence-corrected chi connectivity index (χ1v) is 24.6. The molecule has 7 aromatic rings. The summed E-state index contributed by atoms with van der Waals surface area (Å²) in [6.07, 6.45) is 14.9. The maximum atomic E-state index is 10.9. The van der Waals surface area contributed by atoms with Crippen molar-refractivity contribution in [3.05, 3.63) is 177 Å². The number of nitrogens with zero attached hydrogens (tertiary/aromatic N) is 14. The Kier molecular flexibility index (Phi) is 23.9. The number of hydrogen-bond donors (Lipinski definition) is 12. The number of aliphatic imine (C=N–C) groups is 4. The van der Waals surface area contributed by atoms with Crippen LogP contribution in [0.3, 0.4) is 0 Å². The predicted octanol–water partition coefficient (Wildman–Crippen LogP) is 2.31. The lowest BCUT2D eigenvalue weighted by Crippen LogP contribution is -2.08. The third-order valence-corrected chi connectivity index (χ3v) is 11.3. The standard InChI is InChI=1S/2C11H8N2O4.C10H7NO4.C9H7NO2.C5H4N2O4.C4H5N3O2.C3H4N4O2/c14-10(15)7-5-8(13-9(7)11(16)17)6-1-3-12-4-2-6;14-10(15)7-4-8(13-9(7)11(16)17)6-2-1-3-12-5-6;12-9(13)6-3-5-1-2-11-8(5)4-7(6)10(14)15;11-9(12)7-2-1-6-3-4-10-8(6)5-7;8-4(9)2-1-3(5(10)11)7-6-2;8-4(9)1-7-3-5-2-6-7;8-3(9)1-7-2-4-5-6-7/h1-4H,5H2,(H,14,15)(H,16,17);1-3,5H,4H2,(H,14,15)(H,16,17);2-4H,1H2,(H,12,13)(H,14,15);1-2,4-5H,3H2,(H,11,12);1H,(H,6,7)(H,8,9)(H,10,11);2-3H,1H2,(H,8,9);2H,1H2,(H,8,9). The second-order valence-corrected chi connectivity index (χ2v) is 17.3. The molecule has 0 aliphatic carbocycles. The Labute approximate surface area is 499 Å². The number of nitrogens with one attached hydrogen (secondary N) is 1. The normalized spacial score (nSPS) is 12.4. The summed E-state index contributed by atoms with van der Waals surface area (Å²) in [5.74, 6) is -12.9. The van der Waals surface area contributed by atoms with Crippen LogP contribution in [-0.4, -0.2) is 201 Å². The number of benzene rings is 2. The number of aromatic amines is 1. The molecule has 2 aromatic carbocycles. The van der Waals surface area contributed by atoms with Crippen LogP contribution in [0.25, 0.3) is 0 Å². The van der Waals surface area contributed by atoms with Crippen molar-refractivity contribution < 1.29 is 109 Å². The Bertz CT molecular complexity index is 3910. The van der Waals surface area contributed by atoms with E-state index in [1.165, 1.54) is 54.4 Å². The Morgan fingerprint density at radius 1 is 0.500 bits per heavy atom. The third kappa shape index (κ3) is 19.8. The molecule has 0 atom stereocenters. The van der Waals surface area contributed by atoms with Gasteiger partial charge in [0, 0.05) is 74.5 Å². The van der Waals surface area contributed by atoms with Crippen LogP contribution < -0.4 is 0 Å². The molecule has 5 aromatic heterocycles. The van der Waals surface area contributed by atoms with Crippen molar-refractivity contribution in [2.75, 3.05) is 0 Å². The first kappa shape index (κ1) is 67.3. The van der Waals surface area contributed by atoms with Gasteiger partial charge in [-0.1, -0.05) is 12.1 Å². The van der Waals surface area contributed by atoms with E-state index in [4.69, 9.17) is 56.2 Å².